The molecule has 25 heavy (non-hydrogen) atoms. The summed E-state index contributed by atoms with van der Waals surface area (Å²) in [7, 11) is -3.67. The molecule has 5 nitrogen and oxygen atoms in total. The van der Waals surface area contributed by atoms with E-state index in [2.05, 4.69) is 25.6 Å². The fraction of sp³-hybridized carbons (Fsp3) is 0.235. The Hall–Kier alpha value is -1.41. The van der Waals surface area contributed by atoms with Crippen molar-refractivity contribution in [2.75, 3.05) is 0 Å². The number of imidazole rings is 1. The van der Waals surface area contributed by atoms with Gasteiger partial charge in [-0.05, 0) is 56.3 Å². The third-order valence-electron chi connectivity index (χ3n) is 3.90. The molecule has 0 radical (unpaired) electrons. The van der Waals surface area contributed by atoms with Crippen LogP contribution in [0, 0.1) is 0 Å². The second-order valence-electron chi connectivity index (χ2n) is 5.64. The summed E-state index contributed by atoms with van der Waals surface area (Å²) in [5.74, 6) is 0.674. The van der Waals surface area contributed by atoms with Crippen molar-refractivity contribution >= 4 is 48.6 Å². The summed E-state index contributed by atoms with van der Waals surface area (Å²) in [5, 5.41) is 0.491. The zero-order chi connectivity index (χ0) is 18.2. The quantitative estimate of drug-likeness (QED) is 0.632. The molecule has 2 aromatic carbocycles. The minimum Gasteiger partial charge on any atom is -0.327 e. The van der Waals surface area contributed by atoms with Crippen LogP contribution in [-0.2, 0) is 16.6 Å². The molecule has 3 aromatic rings. The van der Waals surface area contributed by atoms with Gasteiger partial charge < -0.3 is 4.57 Å². The highest BCUT2D eigenvalue weighted by Gasteiger charge is 2.22. The molecular weight excluding hydrogens is 426 g/mol. The zero-order valence-corrected chi connectivity index (χ0v) is 16.9. The van der Waals surface area contributed by atoms with Gasteiger partial charge in [-0.3, -0.25) is 0 Å². The molecule has 0 fully saturated rings. The van der Waals surface area contributed by atoms with Crippen LogP contribution in [0.15, 0.2) is 51.8 Å². The van der Waals surface area contributed by atoms with Crippen LogP contribution >= 0.6 is 27.5 Å². The van der Waals surface area contributed by atoms with Gasteiger partial charge in [-0.15, -0.1) is 0 Å². The summed E-state index contributed by atoms with van der Waals surface area (Å²) in [6.07, 6.45) is 0. The van der Waals surface area contributed by atoms with E-state index in [1.165, 1.54) is 12.1 Å². The van der Waals surface area contributed by atoms with Gasteiger partial charge in [0.15, 0.2) is 0 Å². The molecule has 1 heterocycles. The van der Waals surface area contributed by atoms with Gasteiger partial charge in [0, 0.05) is 16.0 Å². The molecule has 0 bridgehead atoms. The predicted octanol–water partition coefficient (Wildman–Crippen LogP) is 4.51. The lowest BCUT2D eigenvalue weighted by Gasteiger charge is -2.15. The van der Waals surface area contributed by atoms with Gasteiger partial charge in [-0.2, -0.15) is 0 Å². The SMILES string of the molecule is CCn1c([C@@H](C)NS(=O)(=O)c2ccc(Cl)cc2)nc2cc(Br)ccc21. The Morgan fingerprint density at radius 2 is 1.92 bits per heavy atom. The number of nitrogens with zero attached hydrogens (tertiary/aromatic N) is 2. The number of rotatable bonds is 5. The van der Waals surface area contributed by atoms with Crippen molar-refractivity contribution in [1.82, 2.24) is 14.3 Å². The topological polar surface area (TPSA) is 64.0 Å². The van der Waals surface area contributed by atoms with Crippen LogP contribution in [-0.4, -0.2) is 18.0 Å². The van der Waals surface area contributed by atoms with E-state index in [1.54, 1.807) is 19.1 Å². The molecule has 8 heteroatoms. The molecule has 0 aliphatic carbocycles. The van der Waals surface area contributed by atoms with E-state index in [0.717, 1.165) is 15.5 Å². The van der Waals surface area contributed by atoms with Crippen molar-refractivity contribution in [2.24, 2.45) is 0 Å². The number of hydrogen-bond acceptors (Lipinski definition) is 3. The molecule has 0 unspecified atom stereocenters. The normalized spacial score (nSPS) is 13.3. The molecule has 0 saturated carbocycles. The maximum absolute atomic E-state index is 12.6. The van der Waals surface area contributed by atoms with Gasteiger partial charge in [0.25, 0.3) is 0 Å². The lowest BCUT2D eigenvalue weighted by atomic mass is 10.3. The van der Waals surface area contributed by atoms with E-state index in [-0.39, 0.29) is 4.90 Å². The van der Waals surface area contributed by atoms with E-state index >= 15 is 0 Å². The molecular formula is C17H17BrClN3O2S. The number of sulfonamides is 1. The molecule has 132 valence electrons. The molecule has 0 saturated heterocycles. The summed E-state index contributed by atoms with van der Waals surface area (Å²) < 4.78 is 30.8. The van der Waals surface area contributed by atoms with E-state index in [1.807, 2.05) is 29.7 Å². The zero-order valence-electron chi connectivity index (χ0n) is 13.7. The van der Waals surface area contributed by atoms with E-state index in [9.17, 15) is 8.42 Å². The van der Waals surface area contributed by atoms with Crippen molar-refractivity contribution in [3.05, 3.63) is 57.8 Å². The maximum atomic E-state index is 12.6. The summed E-state index contributed by atoms with van der Waals surface area (Å²) in [6, 6.07) is 11.4. The van der Waals surface area contributed by atoms with Gasteiger partial charge in [-0.1, -0.05) is 27.5 Å². The van der Waals surface area contributed by atoms with Crippen LogP contribution < -0.4 is 4.72 Å². The Morgan fingerprint density at radius 1 is 1.24 bits per heavy atom. The highest BCUT2D eigenvalue weighted by molar-refractivity contribution is 9.10. The third-order valence-corrected chi connectivity index (χ3v) is 6.20. The van der Waals surface area contributed by atoms with Crippen molar-refractivity contribution in [3.63, 3.8) is 0 Å². The molecule has 0 aliphatic heterocycles. The number of aromatic nitrogens is 2. The second-order valence-corrected chi connectivity index (χ2v) is 8.71. The minimum atomic E-state index is -3.67. The number of aryl methyl sites for hydroxylation is 1. The van der Waals surface area contributed by atoms with E-state index in [4.69, 9.17) is 11.6 Å². The smallest absolute Gasteiger partial charge is 0.241 e. The number of halogens is 2. The summed E-state index contributed by atoms with van der Waals surface area (Å²) in [5.41, 5.74) is 1.79. The van der Waals surface area contributed by atoms with E-state index < -0.39 is 16.1 Å². The number of benzene rings is 2. The summed E-state index contributed by atoms with van der Waals surface area (Å²) >= 11 is 9.27. The highest BCUT2D eigenvalue weighted by Crippen LogP contribution is 2.25. The first-order valence-electron chi connectivity index (χ1n) is 7.75. The summed E-state index contributed by atoms with van der Waals surface area (Å²) in [6.45, 7) is 4.49. The lowest BCUT2D eigenvalue weighted by molar-refractivity contribution is 0.549. The van der Waals surface area contributed by atoms with Crippen LogP contribution in [0.3, 0.4) is 0 Å². The van der Waals surface area contributed by atoms with Crippen molar-refractivity contribution in [2.45, 2.75) is 31.3 Å². The predicted molar refractivity (Wildman–Crippen MR) is 103 cm³/mol. The first kappa shape index (κ1) is 18.4. The van der Waals surface area contributed by atoms with Gasteiger partial charge in [0.05, 0.1) is 22.0 Å². The van der Waals surface area contributed by atoms with Gasteiger partial charge in [-0.25, -0.2) is 18.1 Å². The van der Waals surface area contributed by atoms with Gasteiger partial charge in [0.2, 0.25) is 10.0 Å². The Balaban J connectivity index is 1.96. The largest absolute Gasteiger partial charge is 0.327 e. The van der Waals surface area contributed by atoms with Crippen molar-refractivity contribution in [3.8, 4) is 0 Å². The standard InChI is InChI=1S/C17H17BrClN3O2S/c1-3-22-16-9-4-12(18)10-15(16)20-17(22)11(2)21-25(23,24)14-7-5-13(19)6-8-14/h4-11,21H,3H2,1-2H3/t11-/m1/s1. The number of hydrogen-bond donors (Lipinski definition) is 1. The monoisotopic (exact) mass is 441 g/mol. The van der Waals surface area contributed by atoms with Crippen LogP contribution in [0.2, 0.25) is 5.02 Å². The number of fused-ring (bicyclic) bond motifs is 1. The molecule has 0 aliphatic rings. The summed E-state index contributed by atoms with van der Waals surface area (Å²) in [4.78, 5) is 4.79. The fourth-order valence-corrected chi connectivity index (χ4v) is 4.43. The van der Waals surface area contributed by atoms with Crippen LogP contribution in [0.25, 0.3) is 11.0 Å². The van der Waals surface area contributed by atoms with Crippen LogP contribution in [0.4, 0.5) is 0 Å². The maximum Gasteiger partial charge on any atom is 0.241 e. The second kappa shape index (κ2) is 7.07. The molecule has 1 N–H and O–H groups in total. The Labute approximate surface area is 160 Å². The van der Waals surface area contributed by atoms with Crippen molar-refractivity contribution in [1.29, 1.82) is 0 Å². The Kier molecular flexibility index (Phi) is 5.20. The lowest BCUT2D eigenvalue weighted by Crippen LogP contribution is -2.28. The van der Waals surface area contributed by atoms with Gasteiger partial charge >= 0.3 is 0 Å². The van der Waals surface area contributed by atoms with Gasteiger partial charge in [0.1, 0.15) is 5.82 Å². The Bertz CT molecular complexity index is 1020. The van der Waals surface area contributed by atoms with Crippen LogP contribution in [0.1, 0.15) is 25.7 Å². The average molecular weight is 443 g/mol. The minimum absolute atomic E-state index is 0.172. The molecule has 1 atom stereocenters. The third kappa shape index (κ3) is 3.74. The molecule has 0 spiro atoms. The first-order chi connectivity index (χ1) is 11.8. The Morgan fingerprint density at radius 3 is 2.56 bits per heavy atom. The van der Waals surface area contributed by atoms with Crippen LogP contribution in [0.5, 0.6) is 0 Å². The van der Waals surface area contributed by atoms with E-state index in [0.29, 0.717) is 17.4 Å². The highest BCUT2D eigenvalue weighted by atomic mass is 79.9. The fourth-order valence-electron chi connectivity index (χ4n) is 2.75. The molecule has 1 aromatic heterocycles. The molecule has 3 rings (SSSR count). The first-order valence-corrected chi connectivity index (χ1v) is 10.4. The number of nitrogens with one attached hydrogen (secondary N) is 1. The average Bonchev–Trinajstić information content (AvgIpc) is 2.92. The van der Waals surface area contributed by atoms with Crippen molar-refractivity contribution < 1.29 is 8.42 Å². The molecule has 0 amide bonds.